The Balaban J connectivity index is 1.35. The summed E-state index contributed by atoms with van der Waals surface area (Å²) in [6, 6.07) is 10.5. The van der Waals surface area contributed by atoms with Crippen LogP contribution < -0.4 is 0 Å². The summed E-state index contributed by atoms with van der Waals surface area (Å²) in [7, 11) is 0. The third kappa shape index (κ3) is 0.122. The third-order valence-corrected chi connectivity index (χ3v) is 61.2. The number of rotatable bonds is 3. The summed E-state index contributed by atoms with van der Waals surface area (Å²) in [5, 5.41) is 0. The van der Waals surface area contributed by atoms with Gasteiger partial charge in [-0.3, -0.25) is 0 Å². The van der Waals surface area contributed by atoms with E-state index in [1.807, 2.05) is 0 Å². The summed E-state index contributed by atoms with van der Waals surface area (Å²) in [6.07, 6.45) is 3.05. The Hall–Kier alpha value is -0.591. The second-order valence-electron chi connectivity index (χ2n) is 13.5. The molecule has 10 aliphatic heterocycles. The average molecular weight is 344 g/mol. The zero-order chi connectivity index (χ0) is 14.5. The fourth-order valence-corrected chi connectivity index (χ4v) is 98.3. The fourth-order valence-electron chi connectivity index (χ4n) is 20.2. The summed E-state index contributed by atoms with van der Waals surface area (Å²) in [6.45, 7) is -0.849. The van der Waals surface area contributed by atoms with E-state index in [-0.39, 0.29) is 0 Å². The molecule has 11 aliphatic rings. The van der Waals surface area contributed by atoms with Crippen LogP contribution in [0.25, 0.3) is 0 Å². The molecule has 0 bridgehead atoms. The fraction of sp³-hybridized carbons (Fsp3) is 0.667. The number of benzene rings is 1. The molecule has 0 N–H and O–H groups in total. The molecule has 1 saturated carbocycles. The van der Waals surface area contributed by atoms with Crippen molar-refractivity contribution >= 4 is 5.78 Å². The van der Waals surface area contributed by atoms with Gasteiger partial charge in [-0.1, -0.05) is 0 Å². The Morgan fingerprint density at radius 3 is 2.00 bits per heavy atom. The van der Waals surface area contributed by atoms with E-state index in [1.54, 1.807) is 0 Å². The molecule has 11 fully saturated rings. The number of hydrogen-bond acceptors (Lipinski definition) is 1. The first kappa shape index (κ1) is 9.20. The van der Waals surface area contributed by atoms with Crippen LogP contribution >= 0.6 is 0 Å². The van der Waals surface area contributed by atoms with Gasteiger partial charge in [0.15, 0.2) is 0 Å². The van der Waals surface area contributed by atoms with Gasteiger partial charge in [-0.05, 0) is 0 Å². The summed E-state index contributed by atoms with van der Waals surface area (Å²) in [5.41, 5.74) is 1.84. The van der Waals surface area contributed by atoms with Gasteiger partial charge in [0.2, 0.25) is 0 Å². The van der Waals surface area contributed by atoms with Gasteiger partial charge in [-0.2, -0.15) is 0 Å². The second kappa shape index (κ2) is 0.902. The maximum absolute atomic E-state index is 13.9. The van der Waals surface area contributed by atoms with Crippen molar-refractivity contribution in [3.05, 3.63) is 35.9 Å². The van der Waals surface area contributed by atoms with Crippen LogP contribution in [-0.4, -0.2) is 5.78 Å². The van der Waals surface area contributed by atoms with Crippen molar-refractivity contribution in [2.75, 3.05) is 0 Å². The van der Waals surface area contributed by atoms with Crippen molar-refractivity contribution in [3.8, 4) is 0 Å². The van der Waals surface area contributed by atoms with Gasteiger partial charge in [-0.25, -0.2) is 0 Å². The molecule has 2 heteroatoms. The van der Waals surface area contributed by atoms with E-state index in [9.17, 15) is 4.79 Å². The minimum atomic E-state index is -3.52. The van der Waals surface area contributed by atoms with E-state index in [4.69, 9.17) is 0 Å². The third-order valence-electron chi connectivity index (χ3n) is 18.1. The minimum absolute atomic E-state index is 0.376. The van der Waals surface area contributed by atoms with Crippen LogP contribution in [0.3, 0.4) is 0 Å². The van der Waals surface area contributed by atoms with Crippen LogP contribution in [0.2, 0.25) is 47.2 Å². The van der Waals surface area contributed by atoms with E-state index < -0.39 is 6.51 Å². The van der Waals surface area contributed by atoms with Gasteiger partial charge in [0.05, 0.1) is 0 Å². The van der Waals surface area contributed by atoms with Crippen LogP contribution in [0.1, 0.15) is 30.1 Å². The monoisotopic (exact) mass is 344 g/mol. The first-order chi connectivity index (χ1) is 10.9. The molecule has 8 atom stereocenters. The average Bonchev–Trinajstić information content (AvgIpc) is 3.57. The quantitative estimate of drug-likeness (QED) is 0.500. The molecule has 23 heavy (non-hydrogen) atoms. The zero-order valence-corrected chi connectivity index (χ0v) is 14.3. The van der Waals surface area contributed by atoms with Crippen LogP contribution in [0.5, 0.6) is 0 Å². The van der Waals surface area contributed by atoms with Crippen molar-refractivity contribution in [1.29, 1.82) is 0 Å². The molecular formula is C21H20FeO. The van der Waals surface area contributed by atoms with Gasteiger partial charge >= 0.3 is 125 Å². The molecule has 8 unspecified atom stereocenters. The van der Waals surface area contributed by atoms with Crippen LogP contribution in [0.4, 0.5) is 0 Å². The van der Waals surface area contributed by atoms with Gasteiger partial charge in [0, 0.05) is 0 Å². The Bertz CT molecular complexity index is 1400. The number of fused-ring (bicyclic) bond motifs is 10. The SMILES string of the molecule is CC1([C]23[CH]4[CH]5[CH]6[CH]2[Fe]56432789[CH]3[CH]2[CH]7[C]8(C(=O)c2ccccc2)[CH]39)CC1. The van der Waals surface area contributed by atoms with Crippen molar-refractivity contribution in [2.45, 2.75) is 66.9 Å². The molecular weight excluding hydrogens is 324 g/mol. The topological polar surface area (TPSA) is 17.1 Å². The number of ketones is 1. The Kier molecular flexibility index (Phi) is 0.361. The van der Waals surface area contributed by atoms with E-state index in [0.29, 0.717) is 10.1 Å². The van der Waals surface area contributed by atoms with Crippen molar-refractivity contribution in [2.24, 2.45) is 5.41 Å². The summed E-state index contributed by atoms with van der Waals surface area (Å²) in [4.78, 5) is 23.5. The number of carbonyl (C=O) groups excluding carboxylic acids is 1. The second-order valence-corrected chi connectivity index (χ2v) is 36.7. The molecule has 1 aliphatic carbocycles. The van der Waals surface area contributed by atoms with Gasteiger partial charge < -0.3 is 0 Å². The number of carbonyl (C=O) groups is 1. The maximum atomic E-state index is 13.9. The normalized spacial score (nSPS) is 98.8. The van der Waals surface area contributed by atoms with E-state index >= 15 is 0 Å². The molecule has 1 aromatic carbocycles. The predicted octanol–water partition coefficient (Wildman–Crippen LogP) is 5.80. The van der Waals surface area contributed by atoms with Crippen molar-refractivity contribution < 1.29 is 11.3 Å². The Morgan fingerprint density at radius 1 is 0.957 bits per heavy atom. The van der Waals surface area contributed by atoms with Crippen LogP contribution in [-0.2, 0) is 6.51 Å². The van der Waals surface area contributed by atoms with Crippen LogP contribution in [0, 0.1) is 5.41 Å². The summed E-state index contributed by atoms with van der Waals surface area (Å²) >= 11 is 0. The van der Waals surface area contributed by atoms with E-state index in [1.165, 1.54) is 41.7 Å². The van der Waals surface area contributed by atoms with E-state index in [0.717, 1.165) is 24.9 Å². The molecule has 0 aromatic heterocycles. The summed E-state index contributed by atoms with van der Waals surface area (Å²) < 4.78 is 1.27. The molecule has 0 amide bonds. The Labute approximate surface area is 125 Å². The van der Waals surface area contributed by atoms with Crippen molar-refractivity contribution in [3.63, 3.8) is 0 Å². The molecule has 1 aromatic rings. The predicted molar refractivity (Wildman–Crippen MR) is 83.5 cm³/mol. The summed E-state index contributed by atoms with van der Waals surface area (Å²) in [5.74, 6) is 0.702. The standard InChI is InChI=1S/C12H9O.C9H11.Fe/c13-12(11-8-4-5-9-11)10-6-2-1-3-7-10;1-9(6-7-9)8-4-2-3-5-8;/h1-9H;2-5H,6-7H2,1H3;. The first-order valence-electron chi connectivity index (χ1n) is 9.71. The molecule has 10 heterocycles. The Morgan fingerprint density at radius 2 is 1.52 bits per heavy atom. The molecule has 118 valence electrons. The molecule has 1 nitrogen and oxygen atoms in total. The zero-order valence-electron chi connectivity index (χ0n) is 13.2. The molecule has 0 radical (unpaired) electrons. The number of Topliss-reactive ketones (excluding diaryl/α,β-unsaturated/α-hetero) is 1. The number of hydrogen-bond donors (Lipinski definition) is 0. The van der Waals surface area contributed by atoms with Gasteiger partial charge in [0.25, 0.3) is 0 Å². The molecule has 1 spiro atoms. The van der Waals surface area contributed by atoms with Crippen LogP contribution in [0.15, 0.2) is 30.3 Å². The molecule has 12 rings (SSSR count). The first-order valence-corrected chi connectivity index (χ1v) is 15.9. The van der Waals surface area contributed by atoms with Gasteiger partial charge in [0.1, 0.15) is 0 Å². The van der Waals surface area contributed by atoms with E-state index in [2.05, 4.69) is 37.3 Å². The van der Waals surface area contributed by atoms with Gasteiger partial charge in [-0.15, -0.1) is 0 Å². The van der Waals surface area contributed by atoms with Crippen molar-refractivity contribution in [1.82, 2.24) is 0 Å². The molecule has 10 saturated heterocycles.